The van der Waals surface area contributed by atoms with E-state index in [2.05, 4.69) is 40.9 Å². The summed E-state index contributed by atoms with van der Waals surface area (Å²) in [5.74, 6) is -0.217. The van der Waals surface area contributed by atoms with Crippen LogP contribution in [0.25, 0.3) is 22.5 Å². The number of rotatable bonds is 9. The number of hydrogen-bond donors (Lipinski definition) is 5. The fourth-order valence-corrected chi connectivity index (χ4v) is 8.12. The van der Waals surface area contributed by atoms with Crippen molar-refractivity contribution in [2.75, 3.05) is 49.5 Å². The summed E-state index contributed by atoms with van der Waals surface area (Å²) < 4.78 is 0. The molecule has 4 aromatic rings. The maximum absolute atomic E-state index is 14.1. The number of fused-ring (bicyclic) bond motifs is 3. The van der Waals surface area contributed by atoms with E-state index in [0.29, 0.717) is 43.3 Å². The van der Waals surface area contributed by atoms with Gasteiger partial charge in [-0.25, -0.2) is 4.98 Å². The lowest BCUT2D eigenvalue weighted by Gasteiger charge is -2.45. The molecule has 0 radical (unpaired) electrons. The summed E-state index contributed by atoms with van der Waals surface area (Å²) in [6.45, 7) is 10.5. The van der Waals surface area contributed by atoms with Crippen LogP contribution in [0.1, 0.15) is 37.6 Å². The molecule has 2 aromatic carbocycles. The van der Waals surface area contributed by atoms with Crippen molar-refractivity contribution in [1.82, 2.24) is 35.6 Å². The number of piperazine rings is 1. The largest absolute Gasteiger partial charge is 0.507 e. The van der Waals surface area contributed by atoms with Crippen LogP contribution in [-0.2, 0) is 20.9 Å². The molecular weight excluding hydrogens is 707 g/mol. The zero-order valence-electron chi connectivity index (χ0n) is 31.0. The van der Waals surface area contributed by atoms with Gasteiger partial charge in [0.2, 0.25) is 17.7 Å². The number of carbonyl (C=O) groups is 3. The van der Waals surface area contributed by atoms with Crippen molar-refractivity contribution in [3.05, 3.63) is 70.5 Å². The Balaban J connectivity index is 0.961. The first kappa shape index (κ1) is 37.2. The van der Waals surface area contributed by atoms with E-state index < -0.39 is 29.5 Å². The second kappa shape index (κ2) is 15.3. The first-order chi connectivity index (χ1) is 25.9. The second-order valence-electron chi connectivity index (χ2n) is 15.4. The molecule has 4 atom stereocenters. The van der Waals surface area contributed by atoms with Crippen LogP contribution in [0.3, 0.4) is 0 Å². The molecule has 3 amide bonds. The lowest BCUT2D eigenvalue weighted by molar-refractivity contribution is -0.144. The molecule has 0 spiro atoms. The highest BCUT2D eigenvalue weighted by Gasteiger charge is 2.45. The minimum Gasteiger partial charge on any atom is -0.507 e. The van der Waals surface area contributed by atoms with Gasteiger partial charge in [-0.15, -0.1) is 21.5 Å². The van der Waals surface area contributed by atoms with E-state index in [1.54, 1.807) is 29.5 Å². The minimum absolute atomic E-state index is 0.00908. The number of aryl methyl sites for hydroxylation is 1. The maximum atomic E-state index is 14.1. The third kappa shape index (κ3) is 7.88. The second-order valence-corrected chi connectivity index (χ2v) is 16.4. The Morgan fingerprint density at radius 2 is 1.83 bits per heavy atom. The number of anilines is 2. The highest BCUT2D eigenvalue weighted by molar-refractivity contribution is 7.10. The van der Waals surface area contributed by atoms with E-state index in [-0.39, 0.29) is 49.7 Å². The van der Waals surface area contributed by atoms with Gasteiger partial charge in [-0.1, -0.05) is 57.2 Å². The highest BCUT2D eigenvalue weighted by atomic mass is 32.1. The molecule has 2 fully saturated rings. The molecule has 5 heterocycles. The molecule has 2 aromatic heterocycles. The number of aromatic nitrogens is 3. The Kier molecular flexibility index (Phi) is 10.6. The Labute approximate surface area is 318 Å². The maximum Gasteiger partial charge on any atom is 0.246 e. The summed E-state index contributed by atoms with van der Waals surface area (Å²) in [5.41, 5.74) is 6.07. The Morgan fingerprint density at radius 1 is 1.06 bits per heavy atom. The van der Waals surface area contributed by atoms with E-state index in [1.165, 1.54) is 4.90 Å². The molecule has 2 saturated heterocycles. The molecule has 14 nitrogen and oxygen atoms in total. The van der Waals surface area contributed by atoms with Gasteiger partial charge in [0.25, 0.3) is 0 Å². The predicted molar refractivity (Wildman–Crippen MR) is 207 cm³/mol. The normalized spacial score (nSPS) is 20.4. The lowest BCUT2D eigenvalue weighted by atomic mass is 9.85. The molecule has 284 valence electrons. The summed E-state index contributed by atoms with van der Waals surface area (Å²) in [4.78, 5) is 52.6. The number of phenolic OH excluding ortho intramolecular Hbond substituents is 1. The van der Waals surface area contributed by atoms with Crippen molar-refractivity contribution in [3.8, 4) is 28.3 Å². The number of aliphatic hydroxyl groups excluding tert-OH is 1. The van der Waals surface area contributed by atoms with Gasteiger partial charge in [0.1, 0.15) is 17.8 Å². The molecule has 5 N–H and O–H groups in total. The number of nitrogens with one attached hydrogen (secondary N) is 3. The predicted octanol–water partition coefficient (Wildman–Crippen LogP) is 3.01. The van der Waals surface area contributed by atoms with Crippen molar-refractivity contribution >= 4 is 40.6 Å². The molecule has 0 aliphatic carbocycles. The van der Waals surface area contributed by atoms with Gasteiger partial charge in [0.05, 0.1) is 41.3 Å². The Hall–Kier alpha value is -5.12. The standard InChI is InChI=1S/C39H47N9O5S/c1-23-34(42-22-54-23)25-11-9-24(10-12-25)17-41-37(52)31-15-27(49)20-48(31)38(53)35(39(2,3)4)43-33(51)21-46-13-14-47-26(19-46)18-40-36-30(47)16-29(44-45-36)28-7-5-6-8-32(28)50/h5-12,16,22,26-27,31,35,49-50H,13-15,17-21H2,1-4H3,(H,40,45)(H,41,52)(H,43,51)/t26-,27+,31-,35+/m0/s1. The third-order valence-corrected chi connectivity index (χ3v) is 11.2. The molecule has 0 saturated carbocycles. The van der Waals surface area contributed by atoms with Gasteiger partial charge in [-0.05, 0) is 36.1 Å². The first-order valence-corrected chi connectivity index (χ1v) is 19.2. The number of para-hydroxylation sites is 1. The van der Waals surface area contributed by atoms with E-state index in [1.807, 2.05) is 69.6 Å². The molecule has 0 unspecified atom stereocenters. The number of phenols is 1. The molecule has 3 aliphatic heterocycles. The minimum atomic E-state index is -0.914. The van der Waals surface area contributed by atoms with Gasteiger partial charge in [0, 0.05) is 61.7 Å². The van der Waals surface area contributed by atoms with Crippen molar-refractivity contribution in [3.63, 3.8) is 0 Å². The zero-order chi connectivity index (χ0) is 38.1. The van der Waals surface area contributed by atoms with Crippen LogP contribution in [0.15, 0.2) is 60.1 Å². The lowest BCUT2D eigenvalue weighted by Crippen LogP contribution is -2.61. The van der Waals surface area contributed by atoms with Crippen molar-refractivity contribution in [2.45, 2.75) is 64.9 Å². The van der Waals surface area contributed by atoms with Crippen LogP contribution in [-0.4, -0.2) is 116 Å². The van der Waals surface area contributed by atoms with Crippen LogP contribution in [0.2, 0.25) is 0 Å². The van der Waals surface area contributed by atoms with E-state index >= 15 is 0 Å². The fraction of sp³-hybridized carbons (Fsp3) is 0.436. The van der Waals surface area contributed by atoms with Crippen molar-refractivity contribution < 1.29 is 24.6 Å². The quantitative estimate of drug-likeness (QED) is 0.170. The van der Waals surface area contributed by atoms with Crippen LogP contribution in [0.5, 0.6) is 5.75 Å². The highest BCUT2D eigenvalue weighted by Crippen LogP contribution is 2.36. The van der Waals surface area contributed by atoms with Crippen LogP contribution in [0, 0.1) is 12.3 Å². The van der Waals surface area contributed by atoms with Gasteiger partial charge in [0.15, 0.2) is 5.82 Å². The molecule has 7 rings (SSSR count). The molecule has 15 heteroatoms. The van der Waals surface area contributed by atoms with E-state index in [4.69, 9.17) is 0 Å². The van der Waals surface area contributed by atoms with Crippen LogP contribution >= 0.6 is 11.3 Å². The third-order valence-electron chi connectivity index (χ3n) is 10.4. The molecule has 3 aliphatic rings. The van der Waals surface area contributed by atoms with Crippen LogP contribution in [0.4, 0.5) is 11.5 Å². The summed E-state index contributed by atoms with van der Waals surface area (Å²) in [5, 5.41) is 39.0. The van der Waals surface area contributed by atoms with Gasteiger partial charge in [-0.2, -0.15) is 0 Å². The SMILES string of the molecule is Cc1scnc1-c1ccc(CNC(=O)[C@@H]2C[C@@H](O)CN2C(=O)[C@@H](NC(=O)CN2CCN3c4cc(-c5ccccc5O)nnc4NC[C@H]3C2)C(C)(C)C)cc1. The number of aromatic hydroxyl groups is 1. The fourth-order valence-electron chi connectivity index (χ4n) is 7.52. The number of thiazole rings is 1. The summed E-state index contributed by atoms with van der Waals surface area (Å²) in [6.07, 6.45) is -0.736. The summed E-state index contributed by atoms with van der Waals surface area (Å²) in [6, 6.07) is 15.1. The first-order valence-electron chi connectivity index (χ1n) is 18.3. The molecule has 0 bridgehead atoms. The zero-order valence-corrected chi connectivity index (χ0v) is 31.8. The van der Waals surface area contributed by atoms with Gasteiger partial charge >= 0.3 is 0 Å². The number of hydrogen-bond acceptors (Lipinski definition) is 12. The number of carbonyl (C=O) groups excluding carboxylic acids is 3. The summed E-state index contributed by atoms with van der Waals surface area (Å²) in [7, 11) is 0. The average Bonchev–Trinajstić information content (AvgIpc) is 3.77. The number of β-amino-alcohol motifs (C(OH)–C–C–N with tert-alkyl or cyclic N) is 1. The van der Waals surface area contributed by atoms with Gasteiger partial charge in [-0.3, -0.25) is 19.3 Å². The average molecular weight is 754 g/mol. The molecular formula is C39H47N9O5S. The van der Waals surface area contributed by atoms with E-state index in [0.717, 1.165) is 27.4 Å². The monoisotopic (exact) mass is 753 g/mol. The number of amides is 3. The van der Waals surface area contributed by atoms with Crippen molar-refractivity contribution in [1.29, 1.82) is 0 Å². The number of likely N-dealkylation sites (tertiary alicyclic amines) is 1. The topological polar surface area (TPSA) is 176 Å². The number of benzene rings is 2. The molecule has 54 heavy (non-hydrogen) atoms. The summed E-state index contributed by atoms with van der Waals surface area (Å²) >= 11 is 1.59. The number of nitrogens with zero attached hydrogens (tertiary/aromatic N) is 6. The number of aliphatic hydroxyl groups is 1. The van der Waals surface area contributed by atoms with E-state index in [9.17, 15) is 24.6 Å². The van der Waals surface area contributed by atoms with Gasteiger partial charge < -0.3 is 36.0 Å². The smallest absolute Gasteiger partial charge is 0.246 e. The Bertz CT molecular complexity index is 2020. The Morgan fingerprint density at radius 3 is 2.56 bits per heavy atom. The van der Waals surface area contributed by atoms with Crippen LogP contribution < -0.4 is 20.9 Å². The van der Waals surface area contributed by atoms with Crippen molar-refractivity contribution in [2.24, 2.45) is 5.41 Å².